The first kappa shape index (κ1) is 11.4. The number of amides is 2. The van der Waals surface area contributed by atoms with Gasteiger partial charge in [0.2, 0.25) is 0 Å². The molecule has 0 aromatic heterocycles. The SMILES string of the molecule is NNC(=O)C(=O)Nc1cc(Cl)ccc1F. The Balaban J connectivity index is 2.85. The number of halogens is 2. The number of rotatable bonds is 1. The second-order valence-electron chi connectivity index (χ2n) is 2.55. The molecule has 0 unspecified atom stereocenters. The Morgan fingerprint density at radius 2 is 2.00 bits per heavy atom. The van der Waals surface area contributed by atoms with E-state index in [1.54, 1.807) is 5.43 Å². The Morgan fingerprint density at radius 3 is 2.60 bits per heavy atom. The summed E-state index contributed by atoms with van der Waals surface area (Å²) >= 11 is 5.57. The van der Waals surface area contributed by atoms with Gasteiger partial charge in [-0.15, -0.1) is 0 Å². The summed E-state index contributed by atoms with van der Waals surface area (Å²) in [5, 5.41) is 2.25. The van der Waals surface area contributed by atoms with E-state index < -0.39 is 17.6 Å². The van der Waals surface area contributed by atoms with E-state index in [1.165, 1.54) is 12.1 Å². The molecular weight excluding hydrogens is 225 g/mol. The van der Waals surface area contributed by atoms with Crippen molar-refractivity contribution in [2.75, 3.05) is 5.32 Å². The van der Waals surface area contributed by atoms with Crippen LogP contribution in [0.25, 0.3) is 0 Å². The molecule has 0 spiro atoms. The maximum Gasteiger partial charge on any atom is 0.323 e. The van der Waals surface area contributed by atoms with Crippen LogP contribution in [0.5, 0.6) is 0 Å². The van der Waals surface area contributed by atoms with E-state index in [0.29, 0.717) is 0 Å². The van der Waals surface area contributed by atoms with Crippen molar-refractivity contribution < 1.29 is 14.0 Å². The maximum atomic E-state index is 13.1. The molecule has 0 radical (unpaired) electrons. The average molecular weight is 232 g/mol. The first-order chi connectivity index (χ1) is 7.04. The largest absolute Gasteiger partial charge is 0.323 e. The summed E-state index contributed by atoms with van der Waals surface area (Å²) in [4.78, 5) is 21.7. The highest BCUT2D eigenvalue weighted by Gasteiger charge is 2.14. The van der Waals surface area contributed by atoms with Gasteiger partial charge >= 0.3 is 11.8 Å². The van der Waals surface area contributed by atoms with Gasteiger partial charge in [-0.3, -0.25) is 15.0 Å². The lowest BCUT2D eigenvalue weighted by atomic mass is 10.3. The number of nitrogens with two attached hydrogens (primary N) is 1. The first-order valence-electron chi connectivity index (χ1n) is 3.81. The summed E-state index contributed by atoms with van der Waals surface area (Å²) in [5.74, 6) is 1.87. The highest BCUT2D eigenvalue weighted by Crippen LogP contribution is 2.19. The molecule has 0 saturated heterocycles. The number of carbonyl (C=O) groups is 2. The van der Waals surface area contributed by atoms with Crippen molar-refractivity contribution in [3.8, 4) is 0 Å². The number of anilines is 1. The minimum atomic E-state index is -1.07. The molecule has 80 valence electrons. The molecule has 0 fully saturated rings. The van der Waals surface area contributed by atoms with Gasteiger partial charge in [0.15, 0.2) is 0 Å². The van der Waals surface area contributed by atoms with Crippen molar-refractivity contribution in [2.24, 2.45) is 5.84 Å². The number of nitrogens with one attached hydrogen (secondary N) is 2. The van der Waals surface area contributed by atoms with Gasteiger partial charge in [0.1, 0.15) is 5.82 Å². The third-order valence-corrected chi connectivity index (χ3v) is 1.75. The molecule has 1 aromatic carbocycles. The monoisotopic (exact) mass is 231 g/mol. The van der Waals surface area contributed by atoms with Crippen LogP contribution in [-0.4, -0.2) is 11.8 Å². The quantitative estimate of drug-likeness (QED) is 0.283. The number of hydrogen-bond donors (Lipinski definition) is 3. The Hall–Kier alpha value is -1.66. The van der Waals surface area contributed by atoms with Gasteiger partial charge in [0, 0.05) is 5.02 Å². The average Bonchev–Trinajstić information content (AvgIpc) is 2.22. The summed E-state index contributed by atoms with van der Waals surface area (Å²) in [5.41, 5.74) is 1.43. The molecule has 4 N–H and O–H groups in total. The highest BCUT2D eigenvalue weighted by molar-refractivity contribution is 6.39. The van der Waals surface area contributed by atoms with Crippen molar-refractivity contribution in [3.63, 3.8) is 0 Å². The first-order valence-corrected chi connectivity index (χ1v) is 4.19. The van der Waals surface area contributed by atoms with E-state index in [0.717, 1.165) is 6.07 Å². The summed E-state index contributed by atoms with van der Waals surface area (Å²) in [6.45, 7) is 0. The molecule has 0 aliphatic heterocycles. The third-order valence-electron chi connectivity index (χ3n) is 1.51. The third kappa shape index (κ3) is 2.90. The second-order valence-corrected chi connectivity index (χ2v) is 2.99. The molecule has 0 saturated carbocycles. The van der Waals surface area contributed by atoms with Crippen LogP contribution in [0.1, 0.15) is 0 Å². The van der Waals surface area contributed by atoms with Crippen molar-refractivity contribution in [3.05, 3.63) is 29.0 Å². The molecule has 15 heavy (non-hydrogen) atoms. The van der Waals surface area contributed by atoms with Crippen LogP contribution < -0.4 is 16.6 Å². The topological polar surface area (TPSA) is 84.2 Å². The number of hydrogen-bond acceptors (Lipinski definition) is 3. The molecule has 0 bridgehead atoms. The van der Waals surface area contributed by atoms with Crippen LogP contribution in [0.4, 0.5) is 10.1 Å². The van der Waals surface area contributed by atoms with E-state index in [2.05, 4.69) is 0 Å². The smallest absolute Gasteiger partial charge is 0.315 e. The van der Waals surface area contributed by atoms with Crippen molar-refractivity contribution in [2.45, 2.75) is 0 Å². The van der Waals surface area contributed by atoms with E-state index in [1.807, 2.05) is 5.32 Å². The Morgan fingerprint density at radius 1 is 1.33 bits per heavy atom. The molecule has 0 heterocycles. The summed E-state index contributed by atoms with van der Waals surface area (Å²) in [6, 6.07) is 3.56. The molecule has 2 amide bonds. The van der Waals surface area contributed by atoms with Crippen LogP contribution >= 0.6 is 11.6 Å². The van der Waals surface area contributed by atoms with E-state index >= 15 is 0 Å². The number of benzene rings is 1. The Labute approximate surface area is 89.4 Å². The van der Waals surface area contributed by atoms with Gasteiger partial charge in [-0.25, -0.2) is 10.2 Å². The van der Waals surface area contributed by atoms with Gasteiger partial charge in [-0.2, -0.15) is 0 Å². The zero-order valence-corrected chi connectivity index (χ0v) is 8.14. The number of hydrazine groups is 1. The summed E-state index contributed by atoms with van der Waals surface area (Å²) < 4.78 is 13.1. The lowest BCUT2D eigenvalue weighted by Crippen LogP contribution is -2.39. The van der Waals surface area contributed by atoms with Gasteiger partial charge in [0.05, 0.1) is 5.69 Å². The fraction of sp³-hybridized carbons (Fsp3) is 0. The molecule has 0 aliphatic carbocycles. The van der Waals surface area contributed by atoms with Crippen LogP contribution in [0.15, 0.2) is 18.2 Å². The Kier molecular flexibility index (Phi) is 3.59. The normalized spacial score (nSPS) is 9.53. The molecule has 1 aromatic rings. The van der Waals surface area contributed by atoms with Crippen LogP contribution in [0.3, 0.4) is 0 Å². The molecule has 1 rings (SSSR count). The Bertz CT molecular complexity index is 411. The fourth-order valence-corrected chi connectivity index (χ4v) is 1.01. The molecule has 7 heteroatoms. The predicted octanol–water partition coefficient (Wildman–Crippen LogP) is 0.407. The standard InChI is InChI=1S/C8H7ClFN3O2/c9-4-1-2-5(10)6(3-4)12-7(14)8(15)13-11/h1-3H,11H2,(H,12,14)(H,13,15). The van der Waals surface area contributed by atoms with Crippen LogP contribution in [0, 0.1) is 5.82 Å². The van der Waals surface area contributed by atoms with E-state index in [-0.39, 0.29) is 10.7 Å². The summed E-state index contributed by atoms with van der Waals surface area (Å²) in [6.07, 6.45) is 0. The van der Waals surface area contributed by atoms with Gasteiger partial charge < -0.3 is 5.32 Å². The van der Waals surface area contributed by atoms with Gasteiger partial charge in [0.25, 0.3) is 0 Å². The van der Waals surface area contributed by atoms with Crippen molar-refractivity contribution in [1.82, 2.24) is 5.43 Å². The molecule has 5 nitrogen and oxygen atoms in total. The summed E-state index contributed by atoms with van der Waals surface area (Å²) in [7, 11) is 0. The van der Waals surface area contributed by atoms with Gasteiger partial charge in [-0.1, -0.05) is 11.6 Å². The molecule has 0 aliphatic rings. The lowest BCUT2D eigenvalue weighted by molar-refractivity contribution is -0.136. The minimum absolute atomic E-state index is 0.184. The zero-order chi connectivity index (χ0) is 11.4. The highest BCUT2D eigenvalue weighted by atomic mass is 35.5. The molecular formula is C8H7ClFN3O2. The minimum Gasteiger partial charge on any atom is -0.315 e. The van der Waals surface area contributed by atoms with Crippen molar-refractivity contribution >= 4 is 29.1 Å². The second kappa shape index (κ2) is 4.72. The van der Waals surface area contributed by atoms with Crippen LogP contribution in [-0.2, 0) is 9.59 Å². The van der Waals surface area contributed by atoms with Crippen LogP contribution in [0.2, 0.25) is 5.02 Å². The predicted molar refractivity (Wildman–Crippen MR) is 52.4 cm³/mol. The lowest BCUT2D eigenvalue weighted by Gasteiger charge is -2.05. The van der Waals surface area contributed by atoms with Gasteiger partial charge in [-0.05, 0) is 18.2 Å². The maximum absolute atomic E-state index is 13.1. The molecule has 0 atom stereocenters. The number of carbonyl (C=O) groups excluding carboxylic acids is 2. The van der Waals surface area contributed by atoms with E-state index in [9.17, 15) is 14.0 Å². The van der Waals surface area contributed by atoms with Crippen molar-refractivity contribution in [1.29, 1.82) is 0 Å². The van der Waals surface area contributed by atoms with E-state index in [4.69, 9.17) is 17.4 Å². The zero-order valence-electron chi connectivity index (χ0n) is 7.38. The fourth-order valence-electron chi connectivity index (χ4n) is 0.838.